The van der Waals surface area contributed by atoms with Gasteiger partial charge in [0.2, 0.25) is 5.88 Å². The highest BCUT2D eigenvalue weighted by Gasteiger charge is 2.14. The van der Waals surface area contributed by atoms with Crippen molar-refractivity contribution in [2.45, 2.75) is 4.90 Å². The summed E-state index contributed by atoms with van der Waals surface area (Å²) < 4.78 is 34.7. The second kappa shape index (κ2) is 7.90. The van der Waals surface area contributed by atoms with Crippen LogP contribution in [0.5, 0.6) is 11.6 Å². The van der Waals surface area contributed by atoms with Gasteiger partial charge >= 0.3 is 0 Å². The maximum absolute atomic E-state index is 12.4. The predicted octanol–water partition coefficient (Wildman–Crippen LogP) is 3.91. The van der Waals surface area contributed by atoms with Crippen molar-refractivity contribution in [2.24, 2.45) is 0 Å². The van der Waals surface area contributed by atoms with Crippen LogP contribution in [0.25, 0.3) is 5.82 Å². The van der Waals surface area contributed by atoms with Crippen LogP contribution in [0, 0.1) is 0 Å². The van der Waals surface area contributed by atoms with Gasteiger partial charge in [-0.05, 0) is 48.5 Å². The van der Waals surface area contributed by atoms with E-state index in [9.17, 15) is 8.42 Å². The number of sulfonamides is 1. The summed E-state index contributed by atoms with van der Waals surface area (Å²) in [6, 6.07) is 15.9. The van der Waals surface area contributed by atoms with E-state index in [4.69, 9.17) is 16.3 Å². The normalized spacial score (nSPS) is 11.2. The number of rotatable bonds is 6. The lowest BCUT2D eigenvalue weighted by molar-refractivity contribution is 0.454. The van der Waals surface area contributed by atoms with Crippen LogP contribution in [0.2, 0.25) is 5.02 Å². The number of ether oxygens (including phenoxy) is 1. The Bertz CT molecular complexity index is 1210. The minimum Gasteiger partial charge on any atom is -0.438 e. The molecule has 0 radical (unpaired) electrons. The highest BCUT2D eigenvalue weighted by Crippen LogP contribution is 2.24. The fourth-order valence-electron chi connectivity index (χ4n) is 2.46. The Balaban J connectivity index is 1.44. The lowest BCUT2D eigenvalue weighted by Gasteiger charge is -2.09. The number of imidazole rings is 1. The highest BCUT2D eigenvalue weighted by atomic mass is 35.5. The molecular weight excluding hydrogens is 414 g/mol. The largest absolute Gasteiger partial charge is 0.438 e. The number of anilines is 1. The second-order valence-electron chi connectivity index (χ2n) is 5.89. The van der Waals surface area contributed by atoms with Gasteiger partial charge in [0.05, 0.1) is 4.90 Å². The predicted molar refractivity (Wildman–Crippen MR) is 108 cm³/mol. The van der Waals surface area contributed by atoms with Gasteiger partial charge in [0.25, 0.3) is 10.0 Å². The van der Waals surface area contributed by atoms with E-state index in [0.29, 0.717) is 28.2 Å². The smallest absolute Gasteiger partial charge is 0.261 e. The van der Waals surface area contributed by atoms with E-state index in [1.165, 1.54) is 12.1 Å². The zero-order valence-corrected chi connectivity index (χ0v) is 16.4. The van der Waals surface area contributed by atoms with E-state index < -0.39 is 10.0 Å². The molecular formula is C19H14ClN5O3S. The van der Waals surface area contributed by atoms with Crippen LogP contribution in [0.4, 0.5) is 5.69 Å². The molecule has 146 valence electrons. The summed E-state index contributed by atoms with van der Waals surface area (Å²) in [7, 11) is -3.74. The average molecular weight is 428 g/mol. The van der Waals surface area contributed by atoms with Crippen molar-refractivity contribution in [3.05, 3.63) is 84.4 Å². The van der Waals surface area contributed by atoms with Gasteiger partial charge in [-0.3, -0.25) is 9.29 Å². The average Bonchev–Trinajstić information content (AvgIpc) is 3.25. The van der Waals surface area contributed by atoms with Gasteiger partial charge in [-0.2, -0.15) is 0 Å². The molecule has 0 amide bonds. The Morgan fingerprint density at radius 1 is 1.00 bits per heavy atom. The minimum absolute atomic E-state index is 0.0820. The number of halogens is 1. The molecule has 4 rings (SSSR count). The molecule has 4 aromatic rings. The first-order chi connectivity index (χ1) is 14.0. The number of hydrogen-bond acceptors (Lipinski definition) is 6. The fourth-order valence-corrected chi connectivity index (χ4v) is 3.82. The number of nitrogens with one attached hydrogen (secondary N) is 1. The molecule has 0 bridgehead atoms. The van der Waals surface area contributed by atoms with Crippen molar-refractivity contribution in [3.8, 4) is 17.4 Å². The monoisotopic (exact) mass is 427 g/mol. The summed E-state index contributed by atoms with van der Waals surface area (Å²) in [5.74, 6) is 1.40. The molecule has 0 saturated heterocycles. The Morgan fingerprint density at radius 2 is 1.83 bits per heavy atom. The van der Waals surface area contributed by atoms with Gasteiger partial charge in [0.1, 0.15) is 12.1 Å². The summed E-state index contributed by atoms with van der Waals surface area (Å²) in [6.07, 6.45) is 5.02. The molecule has 0 atom stereocenters. The maximum atomic E-state index is 12.4. The zero-order valence-electron chi connectivity index (χ0n) is 14.8. The summed E-state index contributed by atoms with van der Waals surface area (Å²) in [6.45, 7) is 0. The fraction of sp³-hybridized carbons (Fsp3) is 0. The lowest BCUT2D eigenvalue weighted by atomic mass is 10.3. The van der Waals surface area contributed by atoms with E-state index in [1.807, 2.05) is 0 Å². The summed E-state index contributed by atoms with van der Waals surface area (Å²) >= 11 is 5.87. The molecule has 2 heterocycles. The van der Waals surface area contributed by atoms with Crippen LogP contribution in [-0.2, 0) is 10.0 Å². The first kappa shape index (κ1) is 18.9. The van der Waals surface area contributed by atoms with Crippen molar-refractivity contribution in [1.82, 2.24) is 19.7 Å². The summed E-state index contributed by atoms with van der Waals surface area (Å²) in [5, 5.41) is 8.43. The second-order valence-corrected chi connectivity index (χ2v) is 8.01. The Hall–Kier alpha value is -3.43. The standard InChI is InChI=1S/C19H14ClN5O3S/c20-14-2-1-3-17(12-14)29(26,27)24-15-4-6-16(7-5-15)28-19-9-8-18(22-23-19)25-11-10-21-13-25/h1-13,24H. The molecule has 0 aliphatic rings. The number of benzene rings is 2. The van der Waals surface area contributed by atoms with Crippen molar-refractivity contribution >= 4 is 27.3 Å². The molecule has 0 fully saturated rings. The van der Waals surface area contributed by atoms with Crippen LogP contribution in [0.3, 0.4) is 0 Å². The van der Waals surface area contributed by atoms with Crippen LogP contribution in [0.1, 0.15) is 0 Å². The Labute approximate surface area is 171 Å². The molecule has 0 saturated carbocycles. The van der Waals surface area contributed by atoms with E-state index in [1.54, 1.807) is 71.8 Å². The molecule has 10 heteroatoms. The van der Waals surface area contributed by atoms with Crippen LogP contribution in [-0.4, -0.2) is 28.2 Å². The van der Waals surface area contributed by atoms with Crippen molar-refractivity contribution in [2.75, 3.05) is 4.72 Å². The van der Waals surface area contributed by atoms with Gasteiger partial charge < -0.3 is 4.74 Å². The molecule has 8 nitrogen and oxygen atoms in total. The van der Waals surface area contributed by atoms with Crippen molar-refractivity contribution in [1.29, 1.82) is 0 Å². The van der Waals surface area contributed by atoms with E-state index in [-0.39, 0.29) is 4.90 Å². The summed E-state index contributed by atoms with van der Waals surface area (Å²) in [4.78, 5) is 4.04. The van der Waals surface area contributed by atoms with Gasteiger partial charge in [-0.1, -0.05) is 17.7 Å². The van der Waals surface area contributed by atoms with Crippen LogP contribution in [0.15, 0.2) is 84.3 Å². The van der Waals surface area contributed by atoms with E-state index in [2.05, 4.69) is 19.9 Å². The molecule has 0 aliphatic carbocycles. The molecule has 0 unspecified atom stereocenters. The van der Waals surface area contributed by atoms with Crippen molar-refractivity contribution < 1.29 is 13.2 Å². The first-order valence-electron chi connectivity index (χ1n) is 8.38. The van der Waals surface area contributed by atoms with Gasteiger partial charge in [0, 0.05) is 29.2 Å². The molecule has 1 N–H and O–H groups in total. The lowest BCUT2D eigenvalue weighted by Crippen LogP contribution is -2.12. The van der Waals surface area contributed by atoms with Gasteiger partial charge in [-0.25, -0.2) is 13.4 Å². The quantitative estimate of drug-likeness (QED) is 0.501. The SMILES string of the molecule is O=S(=O)(Nc1ccc(Oc2ccc(-n3ccnc3)nn2)cc1)c1cccc(Cl)c1. The van der Waals surface area contributed by atoms with E-state index >= 15 is 0 Å². The number of hydrogen-bond donors (Lipinski definition) is 1. The molecule has 0 aliphatic heterocycles. The Kier molecular flexibility index (Phi) is 5.15. The molecule has 2 aromatic heterocycles. The van der Waals surface area contributed by atoms with E-state index in [0.717, 1.165) is 0 Å². The molecule has 0 spiro atoms. The third kappa shape index (κ3) is 4.53. The Morgan fingerprint density at radius 3 is 2.48 bits per heavy atom. The molecule has 29 heavy (non-hydrogen) atoms. The summed E-state index contributed by atoms with van der Waals surface area (Å²) in [5.41, 5.74) is 0.388. The number of nitrogens with zero attached hydrogens (tertiary/aromatic N) is 4. The van der Waals surface area contributed by atoms with Gasteiger partial charge in [0.15, 0.2) is 5.82 Å². The zero-order chi connectivity index (χ0) is 20.3. The third-order valence-corrected chi connectivity index (χ3v) is 5.44. The minimum atomic E-state index is -3.74. The maximum Gasteiger partial charge on any atom is 0.261 e. The number of aromatic nitrogens is 4. The van der Waals surface area contributed by atoms with Crippen molar-refractivity contribution in [3.63, 3.8) is 0 Å². The molecule has 2 aromatic carbocycles. The third-order valence-electron chi connectivity index (χ3n) is 3.83. The van der Waals surface area contributed by atoms with Crippen LogP contribution < -0.4 is 9.46 Å². The van der Waals surface area contributed by atoms with Gasteiger partial charge in [-0.15, -0.1) is 10.2 Å². The topological polar surface area (TPSA) is 99.0 Å². The van der Waals surface area contributed by atoms with Crippen LogP contribution >= 0.6 is 11.6 Å². The first-order valence-corrected chi connectivity index (χ1v) is 10.2. The highest BCUT2D eigenvalue weighted by molar-refractivity contribution is 7.92.